The zero-order chi connectivity index (χ0) is 14.9. The van der Waals surface area contributed by atoms with Crippen LogP contribution in [-0.2, 0) is 14.6 Å². The lowest BCUT2D eigenvalue weighted by molar-refractivity contribution is -0.110. The third-order valence-electron chi connectivity index (χ3n) is 3.24. The third kappa shape index (κ3) is 2.45. The van der Waals surface area contributed by atoms with Crippen LogP contribution in [0, 0.1) is 0 Å². The molecule has 1 heterocycles. The van der Waals surface area contributed by atoms with Gasteiger partial charge in [-0.25, -0.2) is 8.42 Å². The fourth-order valence-electron chi connectivity index (χ4n) is 2.26. The van der Waals surface area contributed by atoms with Crippen molar-refractivity contribution in [3.63, 3.8) is 0 Å². The van der Waals surface area contributed by atoms with Crippen LogP contribution < -0.4 is 0 Å². The summed E-state index contributed by atoms with van der Waals surface area (Å²) < 4.78 is 25.5. The number of ketones is 1. The molecule has 0 spiro atoms. The smallest absolute Gasteiger partial charge is 0.208 e. The van der Waals surface area contributed by atoms with Gasteiger partial charge in [0.1, 0.15) is 0 Å². The van der Waals surface area contributed by atoms with Crippen LogP contribution in [0.1, 0.15) is 11.1 Å². The van der Waals surface area contributed by atoms with E-state index in [0.717, 1.165) is 0 Å². The molecule has 0 saturated carbocycles. The topological polar surface area (TPSA) is 51.2 Å². The molecule has 1 aliphatic heterocycles. The van der Waals surface area contributed by atoms with Crippen molar-refractivity contribution in [2.75, 3.05) is 0 Å². The molecule has 0 aliphatic carbocycles. The van der Waals surface area contributed by atoms with Gasteiger partial charge in [-0.15, -0.1) is 0 Å². The second-order valence-electron chi connectivity index (χ2n) is 4.66. The molecular formula is C17H12O3S. The molecule has 0 radical (unpaired) electrons. The lowest BCUT2D eigenvalue weighted by Gasteiger charge is -2.16. The molecule has 104 valence electrons. The molecule has 0 aromatic heterocycles. The van der Waals surface area contributed by atoms with E-state index in [1.807, 2.05) is 0 Å². The Kier molecular flexibility index (Phi) is 3.31. The minimum Gasteiger partial charge on any atom is -0.290 e. The van der Waals surface area contributed by atoms with E-state index < -0.39 is 9.84 Å². The van der Waals surface area contributed by atoms with Gasteiger partial charge in [0.25, 0.3) is 0 Å². The van der Waals surface area contributed by atoms with Crippen molar-refractivity contribution in [3.8, 4) is 0 Å². The van der Waals surface area contributed by atoms with Crippen LogP contribution in [0.4, 0.5) is 0 Å². The van der Waals surface area contributed by atoms with E-state index in [0.29, 0.717) is 11.1 Å². The minimum absolute atomic E-state index is 0.0504. The number of rotatable bonds is 2. The zero-order valence-corrected chi connectivity index (χ0v) is 11.9. The Balaban J connectivity index is 2.17. The van der Waals surface area contributed by atoms with Crippen molar-refractivity contribution < 1.29 is 13.2 Å². The van der Waals surface area contributed by atoms with Crippen molar-refractivity contribution in [1.82, 2.24) is 0 Å². The molecule has 3 rings (SSSR count). The van der Waals surface area contributed by atoms with Crippen LogP contribution in [0.15, 0.2) is 72.8 Å². The van der Waals surface area contributed by atoms with Gasteiger partial charge in [0, 0.05) is 12.2 Å². The molecule has 2 aromatic rings. The Morgan fingerprint density at radius 1 is 0.619 bits per heavy atom. The minimum atomic E-state index is -3.70. The largest absolute Gasteiger partial charge is 0.290 e. The number of sulfone groups is 1. The molecule has 0 atom stereocenters. The second-order valence-corrected chi connectivity index (χ2v) is 6.54. The lowest BCUT2D eigenvalue weighted by atomic mass is 10.1. The van der Waals surface area contributed by atoms with E-state index in [1.54, 1.807) is 60.7 Å². The van der Waals surface area contributed by atoms with Crippen LogP contribution >= 0.6 is 0 Å². The van der Waals surface area contributed by atoms with Crippen LogP contribution in [0.5, 0.6) is 0 Å². The molecule has 21 heavy (non-hydrogen) atoms. The van der Waals surface area contributed by atoms with Crippen molar-refractivity contribution >= 4 is 25.4 Å². The summed E-state index contributed by atoms with van der Waals surface area (Å²) in [7, 11) is -3.70. The predicted molar refractivity (Wildman–Crippen MR) is 82.8 cm³/mol. The first-order valence-corrected chi connectivity index (χ1v) is 7.90. The van der Waals surface area contributed by atoms with Gasteiger partial charge >= 0.3 is 0 Å². The first kappa shape index (κ1) is 13.5. The van der Waals surface area contributed by atoms with Gasteiger partial charge in [0.05, 0.1) is 9.81 Å². The summed E-state index contributed by atoms with van der Waals surface area (Å²) in [5, 5.41) is 0. The molecule has 0 amide bonds. The van der Waals surface area contributed by atoms with Gasteiger partial charge in [-0.3, -0.25) is 4.79 Å². The molecule has 1 aliphatic rings. The van der Waals surface area contributed by atoms with E-state index in [2.05, 4.69) is 0 Å². The van der Waals surface area contributed by atoms with Crippen LogP contribution in [0.2, 0.25) is 0 Å². The monoisotopic (exact) mass is 296 g/mol. The van der Waals surface area contributed by atoms with Crippen molar-refractivity contribution in [3.05, 3.63) is 83.9 Å². The molecule has 0 N–H and O–H groups in total. The maximum absolute atomic E-state index is 12.8. The molecule has 0 unspecified atom stereocenters. The van der Waals surface area contributed by atoms with Gasteiger partial charge in [-0.1, -0.05) is 60.7 Å². The number of carbonyl (C=O) groups is 1. The van der Waals surface area contributed by atoms with Crippen molar-refractivity contribution in [2.45, 2.75) is 0 Å². The summed E-state index contributed by atoms with van der Waals surface area (Å²) in [6.45, 7) is 0. The highest BCUT2D eigenvalue weighted by atomic mass is 32.2. The highest BCUT2D eigenvalue weighted by Crippen LogP contribution is 2.35. The van der Waals surface area contributed by atoms with Crippen molar-refractivity contribution in [2.24, 2.45) is 0 Å². The van der Waals surface area contributed by atoms with E-state index in [9.17, 15) is 13.2 Å². The fraction of sp³-hybridized carbons (Fsp3) is 0. The highest BCUT2D eigenvalue weighted by molar-refractivity contribution is 8.09. The molecule has 2 aromatic carbocycles. The fourth-order valence-corrected chi connectivity index (χ4v) is 3.93. The van der Waals surface area contributed by atoms with E-state index in [-0.39, 0.29) is 15.6 Å². The zero-order valence-electron chi connectivity index (χ0n) is 11.1. The van der Waals surface area contributed by atoms with E-state index in [1.165, 1.54) is 12.2 Å². The number of hydrogen-bond acceptors (Lipinski definition) is 3. The SMILES string of the molecule is O=C1C=C(c2ccccc2)S(=O)(=O)C(c2ccccc2)=C1. The summed E-state index contributed by atoms with van der Waals surface area (Å²) in [6.07, 6.45) is 2.36. The molecular weight excluding hydrogens is 284 g/mol. The van der Waals surface area contributed by atoms with Gasteiger partial charge in [-0.05, 0) is 11.1 Å². The summed E-state index contributed by atoms with van der Waals surface area (Å²) in [4.78, 5) is 12.0. The van der Waals surface area contributed by atoms with Gasteiger partial charge in [0.15, 0.2) is 5.78 Å². The Hall–Kier alpha value is -2.46. The summed E-state index contributed by atoms with van der Waals surface area (Å²) >= 11 is 0. The Morgan fingerprint density at radius 3 is 1.38 bits per heavy atom. The average molecular weight is 296 g/mol. The van der Waals surface area contributed by atoms with Crippen LogP contribution in [-0.4, -0.2) is 14.2 Å². The summed E-state index contributed by atoms with van der Waals surface area (Å²) in [5.74, 6) is -0.317. The first-order chi connectivity index (χ1) is 10.1. The van der Waals surface area contributed by atoms with Gasteiger partial charge in [0.2, 0.25) is 9.84 Å². The first-order valence-electron chi connectivity index (χ1n) is 6.42. The van der Waals surface area contributed by atoms with Gasteiger partial charge in [-0.2, -0.15) is 0 Å². The maximum Gasteiger partial charge on any atom is 0.208 e. The third-order valence-corrected chi connectivity index (χ3v) is 5.11. The molecule has 0 fully saturated rings. The molecule has 4 heteroatoms. The second kappa shape index (κ2) is 5.14. The standard InChI is InChI=1S/C17H12O3S/c18-15-11-16(13-7-3-1-4-8-13)21(19,20)17(12-15)14-9-5-2-6-10-14/h1-12H. The lowest BCUT2D eigenvalue weighted by Crippen LogP contribution is -2.13. The quantitative estimate of drug-likeness (QED) is 0.855. The van der Waals surface area contributed by atoms with Crippen LogP contribution in [0.3, 0.4) is 0 Å². The summed E-state index contributed by atoms with van der Waals surface area (Å²) in [6, 6.07) is 17.3. The molecule has 0 saturated heterocycles. The van der Waals surface area contributed by atoms with Crippen molar-refractivity contribution in [1.29, 1.82) is 0 Å². The van der Waals surface area contributed by atoms with Crippen LogP contribution in [0.25, 0.3) is 9.81 Å². The van der Waals surface area contributed by atoms with E-state index in [4.69, 9.17) is 0 Å². The highest BCUT2D eigenvalue weighted by Gasteiger charge is 2.30. The van der Waals surface area contributed by atoms with E-state index >= 15 is 0 Å². The number of benzene rings is 2. The molecule has 0 bridgehead atoms. The summed E-state index contributed by atoms with van der Waals surface area (Å²) in [5.41, 5.74) is 1.04. The molecule has 3 nitrogen and oxygen atoms in total. The number of carbonyl (C=O) groups excluding carboxylic acids is 1. The van der Waals surface area contributed by atoms with Gasteiger partial charge < -0.3 is 0 Å². The number of hydrogen-bond donors (Lipinski definition) is 0. The normalized spacial score (nSPS) is 17.0. The number of allylic oxidation sites excluding steroid dienone is 2. The maximum atomic E-state index is 12.8. The average Bonchev–Trinajstić information content (AvgIpc) is 2.51. The Labute approximate surface area is 123 Å². The predicted octanol–water partition coefficient (Wildman–Crippen LogP) is 3.07. The Morgan fingerprint density at radius 2 is 1.00 bits per heavy atom. The Bertz CT molecular complexity index is 780.